The fraction of sp³-hybridized carbons (Fsp3) is 0.917. The van der Waals surface area contributed by atoms with E-state index in [1.807, 2.05) is 11.8 Å². The molecule has 96 valence electrons. The highest BCUT2D eigenvalue weighted by atomic mass is 35.5. The van der Waals surface area contributed by atoms with Crippen LogP contribution >= 0.6 is 12.4 Å². The molecule has 0 radical (unpaired) electrons. The van der Waals surface area contributed by atoms with E-state index in [2.05, 4.69) is 0 Å². The van der Waals surface area contributed by atoms with Crippen molar-refractivity contribution in [3.8, 4) is 0 Å². The number of hydrogen-bond acceptors (Lipinski definition) is 2. The summed E-state index contributed by atoms with van der Waals surface area (Å²) in [6, 6.07) is 0.430. The lowest BCUT2D eigenvalue weighted by Gasteiger charge is -2.37. The molecule has 0 saturated heterocycles. The lowest BCUT2D eigenvalue weighted by molar-refractivity contribution is -0.138. The van der Waals surface area contributed by atoms with E-state index in [-0.39, 0.29) is 18.3 Å². The molecule has 0 heterocycles. The molecule has 1 rings (SSSR count). The first-order valence-corrected chi connectivity index (χ1v) is 6.06. The van der Waals surface area contributed by atoms with E-state index >= 15 is 0 Å². The smallest absolute Gasteiger partial charge is 0.242 e. The number of halogens is 1. The van der Waals surface area contributed by atoms with Gasteiger partial charge in [0.15, 0.2) is 0 Å². The van der Waals surface area contributed by atoms with E-state index in [4.69, 9.17) is 5.73 Å². The van der Waals surface area contributed by atoms with Crippen LogP contribution in [0.5, 0.6) is 0 Å². The van der Waals surface area contributed by atoms with Gasteiger partial charge in [-0.3, -0.25) is 4.79 Å². The van der Waals surface area contributed by atoms with Gasteiger partial charge in [-0.05, 0) is 33.6 Å². The molecule has 0 atom stereocenters. The number of amides is 1. The number of carbonyl (C=O) groups is 1. The minimum absolute atomic E-state index is 0. The van der Waals surface area contributed by atoms with Crippen molar-refractivity contribution in [1.82, 2.24) is 4.90 Å². The second-order valence-electron chi connectivity index (χ2n) is 5.10. The third-order valence-electron chi connectivity index (χ3n) is 3.17. The number of hydrogen-bond donors (Lipinski definition) is 1. The SMILES string of the molecule is CCN(C(=O)C(C)(C)N)C1CCCCC1.Cl. The van der Waals surface area contributed by atoms with Gasteiger partial charge >= 0.3 is 0 Å². The van der Waals surface area contributed by atoms with Crippen LogP contribution in [0.1, 0.15) is 52.9 Å². The molecule has 0 unspecified atom stereocenters. The third kappa shape index (κ3) is 3.95. The van der Waals surface area contributed by atoms with Gasteiger partial charge in [-0.15, -0.1) is 12.4 Å². The van der Waals surface area contributed by atoms with E-state index in [0.29, 0.717) is 6.04 Å². The van der Waals surface area contributed by atoms with Crippen LogP contribution in [0.2, 0.25) is 0 Å². The summed E-state index contributed by atoms with van der Waals surface area (Å²) < 4.78 is 0. The van der Waals surface area contributed by atoms with Crippen LogP contribution in [0.15, 0.2) is 0 Å². The van der Waals surface area contributed by atoms with Crippen molar-refractivity contribution in [2.75, 3.05) is 6.54 Å². The summed E-state index contributed by atoms with van der Waals surface area (Å²) in [5.41, 5.74) is 5.14. The van der Waals surface area contributed by atoms with Crippen LogP contribution in [-0.4, -0.2) is 28.9 Å². The molecule has 0 aromatic carbocycles. The molecule has 4 heteroatoms. The molecule has 1 aliphatic rings. The summed E-state index contributed by atoms with van der Waals surface area (Å²) in [5, 5.41) is 0. The Bertz CT molecular complexity index is 220. The maximum atomic E-state index is 12.1. The first kappa shape index (κ1) is 15.7. The van der Waals surface area contributed by atoms with Crippen LogP contribution in [0.4, 0.5) is 0 Å². The van der Waals surface area contributed by atoms with Gasteiger partial charge in [0.2, 0.25) is 5.91 Å². The zero-order valence-electron chi connectivity index (χ0n) is 10.7. The van der Waals surface area contributed by atoms with Crippen molar-refractivity contribution < 1.29 is 4.79 Å². The average molecular weight is 249 g/mol. The van der Waals surface area contributed by atoms with Gasteiger partial charge in [0.1, 0.15) is 0 Å². The van der Waals surface area contributed by atoms with Crippen LogP contribution in [-0.2, 0) is 4.79 Å². The summed E-state index contributed by atoms with van der Waals surface area (Å²) in [6.45, 7) is 6.41. The Kier molecular flexibility index (Phi) is 6.34. The van der Waals surface area contributed by atoms with Crippen molar-refractivity contribution in [1.29, 1.82) is 0 Å². The molecule has 16 heavy (non-hydrogen) atoms. The molecule has 0 aromatic heterocycles. The summed E-state index contributed by atoms with van der Waals surface area (Å²) >= 11 is 0. The second-order valence-corrected chi connectivity index (χ2v) is 5.10. The molecule has 2 N–H and O–H groups in total. The summed E-state index contributed by atoms with van der Waals surface area (Å²) in [6.07, 6.45) is 6.11. The van der Waals surface area contributed by atoms with Gasteiger partial charge in [-0.1, -0.05) is 19.3 Å². The molecular weight excluding hydrogens is 224 g/mol. The molecule has 3 nitrogen and oxygen atoms in total. The van der Waals surface area contributed by atoms with Gasteiger partial charge < -0.3 is 10.6 Å². The van der Waals surface area contributed by atoms with E-state index < -0.39 is 5.54 Å². The number of likely N-dealkylation sites (N-methyl/N-ethyl adjacent to an activating group) is 1. The van der Waals surface area contributed by atoms with Crippen LogP contribution in [0.25, 0.3) is 0 Å². The standard InChI is InChI=1S/C12H24N2O.ClH/c1-4-14(11(15)12(2,3)13)10-8-6-5-7-9-10;/h10H,4-9,13H2,1-3H3;1H. The Labute approximate surface area is 105 Å². The van der Waals surface area contributed by atoms with E-state index in [1.54, 1.807) is 13.8 Å². The minimum atomic E-state index is -0.729. The zero-order valence-corrected chi connectivity index (χ0v) is 11.5. The topological polar surface area (TPSA) is 46.3 Å². The van der Waals surface area contributed by atoms with Crippen molar-refractivity contribution in [3.05, 3.63) is 0 Å². The molecule has 0 spiro atoms. The van der Waals surface area contributed by atoms with Crippen LogP contribution in [0.3, 0.4) is 0 Å². The highest BCUT2D eigenvalue weighted by molar-refractivity contribution is 5.85. The largest absolute Gasteiger partial charge is 0.338 e. The predicted octanol–water partition coefficient (Wildman–Crippen LogP) is 2.33. The van der Waals surface area contributed by atoms with Crippen LogP contribution in [0, 0.1) is 0 Å². The first-order valence-electron chi connectivity index (χ1n) is 6.06. The molecule has 0 aliphatic heterocycles. The Hall–Kier alpha value is -0.280. The Morgan fingerprint density at radius 2 is 1.81 bits per heavy atom. The maximum absolute atomic E-state index is 12.1. The summed E-state index contributed by atoms with van der Waals surface area (Å²) in [7, 11) is 0. The number of rotatable bonds is 3. The predicted molar refractivity (Wildman–Crippen MR) is 69.8 cm³/mol. The van der Waals surface area contributed by atoms with Crippen molar-refractivity contribution in [3.63, 3.8) is 0 Å². The molecule has 1 saturated carbocycles. The lowest BCUT2D eigenvalue weighted by Crippen LogP contribution is -2.54. The Morgan fingerprint density at radius 1 is 1.31 bits per heavy atom. The van der Waals surface area contributed by atoms with Crippen molar-refractivity contribution >= 4 is 18.3 Å². The zero-order chi connectivity index (χ0) is 11.5. The molecule has 1 aliphatic carbocycles. The van der Waals surface area contributed by atoms with Gasteiger partial charge in [0, 0.05) is 12.6 Å². The normalized spacial score (nSPS) is 17.8. The lowest BCUT2D eigenvalue weighted by atomic mass is 9.92. The van der Waals surface area contributed by atoms with Gasteiger partial charge in [-0.2, -0.15) is 0 Å². The fourth-order valence-corrected chi connectivity index (χ4v) is 2.33. The Balaban J connectivity index is 0.00000225. The van der Waals surface area contributed by atoms with Gasteiger partial charge in [0.25, 0.3) is 0 Å². The molecular formula is C12H25ClN2O. The number of nitrogens with zero attached hydrogens (tertiary/aromatic N) is 1. The van der Waals surface area contributed by atoms with Crippen molar-refractivity contribution in [2.45, 2.75) is 64.5 Å². The molecule has 1 fully saturated rings. The first-order chi connectivity index (χ1) is 6.96. The van der Waals surface area contributed by atoms with Crippen LogP contribution < -0.4 is 5.73 Å². The Morgan fingerprint density at radius 3 is 2.19 bits per heavy atom. The number of carbonyl (C=O) groups excluding carboxylic acids is 1. The number of nitrogens with two attached hydrogens (primary N) is 1. The summed E-state index contributed by atoms with van der Waals surface area (Å²) in [5.74, 6) is 0.0944. The van der Waals surface area contributed by atoms with E-state index in [0.717, 1.165) is 19.4 Å². The average Bonchev–Trinajstić information content (AvgIpc) is 2.19. The quantitative estimate of drug-likeness (QED) is 0.833. The monoisotopic (exact) mass is 248 g/mol. The highest BCUT2D eigenvalue weighted by Crippen LogP contribution is 2.23. The highest BCUT2D eigenvalue weighted by Gasteiger charge is 2.31. The van der Waals surface area contributed by atoms with E-state index in [9.17, 15) is 4.79 Å². The molecule has 1 amide bonds. The third-order valence-corrected chi connectivity index (χ3v) is 3.17. The molecule has 0 aromatic rings. The molecule has 0 bridgehead atoms. The minimum Gasteiger partial charge on any atom is -0.338 e. The van der Waals surface area contributed by atoms with Gasteiger partial charge in [0.05, 0.1) is 5.54 Å². The van der Waals surface area contributed by atoms with Gasteiger partial charge in [-0.25, -0.2) is 0 Å². The van der Waals surface area contributed by atoms with Crippen molar-refractivity contribution in [2.24, 2.45) is 5.73 Å². The fourth-order valence-electron chi connectivity index (χ4n) is 2.33. The maximum Gasteiger partial charge on any atom is 0.242 e. The summed E-state index contributed by atoms with van der Waals surface area (Å²) in [4.78, 5) is 14.1. The van der Waals surface area contributed by atoms with E-state index in [1.165, 1.54) is 19.3 Å². The second kappa shape index (κ2) is 6.45.